The van der Waals surface area contributed by atoms with Crippen LogP contribution < -0.4 is 10.6 Å². The molecule has 148 valence electrons. The molecule has 0 radical (unpaired) electrons. The van der Waals surface area contributed by atoms with Crippen molar-refractivity contribution in [3.63, 3.8) is 0 Å². The van der Waals surface area contributed by atoms with Gasteiger partial charge in [0.2, 0.25) is 6.41 Å². The molecule has 0 aliphatic heterocycles. The standard InChI is InChI=1S/C9H16N4O.C4H10.C3H6O2.C2H6/c1-2-10-3-5-13-6-4-12-9(13)7-11-8-14;1-4(2)3;1-2-5-3-4;1-2/h4,6,8,10H,2-3,5,7H2,1H3,(H,11,14);4H,1-3H3;3H,2H2,1H3;1-2H3. The predicted molar refractivity (Wildman–Crippen MR) is 103 cm³/mol. The van der Waals surface area contributed by atoms with E-state index < -0.39 is 0 Å². The van der Waals surface area contributed by atoms with Gasteiger partial charge in [-0.25, -0.2) is 4.98 Å². The van der Waals surface area contributed by atoms with Gasteiger partial charge in [-0.2, -0.15) is 0 Å². The number of rotatable bonds is 9. The number of likely N-dealkylation sites (N-methyl/N-ethyl adjacent to an activating group) is 1. The summed E-state index contributed by atoms with van der Waals surface area (Å²) in [7, 11) is 0. The molecule has 25 heavy (non-hydrogen) atoms. The minimum atomic E-state index is 0.431. The summed E-state index contributed by atoms with van der Waals surface area (Å²) in [6.45, 7) is 18.5. The van der Waals surface area contributed by atoms with Crippen molar-refractivity contribution in [3.05, 3.63) is 18.2 Å². The molecule has 1 rings (SSSR count). The number of carbonyl (C=O) groups excluding carboxylic acids is 2. The first-order valence-corrected chi connectivity index (χ1v) is 8.96. The van der Waals surface area contributed by atoms with Gasteiger partial charge in [-0.15, -0.1) is 0 Å². The number of carbonyl (C=O) groups is 2. The van der Waals surface area contributed by atoms with E-state index in [0.717, 1.165) is 31.4 Å². The first kappa shape index (κ1) is 27.9. The molecule has 1 heterocycles. The molecule has 0 spiro atoms. The number of nitrogens with one attached hydrogen (secondary N) is 2. The van der Waals surface area contributed by atoms with E-state index in [2.05, 4.69) is 48.0 Å². The Morgan fingerprint density at radius 1 is 1.24 bits per heavy atom. The Labute approximate surface area is 153 Å². The Hall–Kier alpha value is -1.89. The Balaban J connectivity index is -0.000000365. The minimum absolute atomic E-state index is 0.431. The maximum Gasteiger partial charge on any atom is 0.293 e. The third-order valence-corrected chi connectivity index (χ3v) is 2.16. The zero-order valence-electron chi connectivity index (χ0n) is 17.0. The fourth-order valence-electron chi connectivity index (χ4n) is 1.29. The first-order chi connectivity index (χ1) is 12.0. The Kier molecular flexibility index (Phi) is 27.2. The van der Waals surface area contributed by atoms with Gasteiger partial charge >= 0.3 is 0 Å². The van der Waals surface area contributed by atoms with Crippen LogP contribution >= 0.6 is 0 Å². The number of nitrogens with zero attached hydrogens (tertiary/aromatic N) is 2. The average molecular weight is 359 g/mol. The van der Waals surface area contributed by atoms with E-state index in [-0.39, 0.29) is 0 Å². The van der Waals surface area contributed by atoms with Crippen molar-refractivity contribution in [2.24, 2.45) is 5.92 Å². The number of ether oxygens (including phenoxy) is 1. The third-order valence-electron chi connectivity index (χ3n) is 2.16. The van der Waals surface area contributed by atoms with E-state index in [4.69, 9.17) is 0 Å². The van der Waals surface area contributed by atoms with Gasteiger partial charge in [0.1, 0.15) is 5.82 Å². The smallest absolute Gasteiger partial charge is 0.293 e. The van der Waals surface area contributed by atoms with E-state index in [0.29, 0.717) is 26.0 Å². The lowest BCUT2D eigenvalue weighted by Gasteiger charge is -2.07. The van der Waals surface area contributed by atoms with Crippen LogP contribution in [0.15, 0.2) is 12.4 Å². The van der Waals surface area contributed by atoms with Crippen LogP contribution in [0.4, 0.5) is 0 Å². The van der Waals surface area contributed by atoms with E-state index in [1.54, 1.807) is 13.1 Å². The number of amides is 1. The average Bonchev–Trinajstić information content (AvgIpc) is 3.03. The number of hydrogen-bond donors (Lipinski definition) is 2. The highest BCUT2D eigenvalue weighted by Gasteiger charge is 2.00. The molecule has 0 bridgehead atoms. The summed E-state index contributed by atoms with van der Waals surface area (Å²) < 4.78 is 6.18. The molecule has 0 aromatic carbocycles. The zero-order valence-corrected chi connectivity index (χ0v) is 17.0. The SMILES string of the molecule is CC.CC(C)C.CCNCCn1ccnc1CNC=O.CCOC=O. The van der Waals surface area contributed by atoms with Crippen LogP contribution in [0.25, 0.3) is 0 Å². The summed E-state index contributed by atoms with van der Waals surface area (Å²) in [5.41, 5.74) is 0. The van der Waals surface area contributed by atoms with Crippen LogP contribution in [0.2, 0.25) is 0 Å². The number of aromatic nitrogens is 2. The number of imidazole rings is 1. The zero-order chi connectivity index (χ0) is 19.9. The van der Waals surface area contributed by atoms with Gasteiger partial charge in [-0.1, -0.05) is 41.5 Å². The lowest BCUT2D eigenvalue weighted by Crippen LogP contribution is -2.21. The van der Waals surface area contributed by atoms with Crippen LogP contribution in [0.5, 0.6) is 0 Å². The van der Waals surface area contributed by atoms with Crippen molar-refractivity contribution < 1.29 is 14.3 Å². The van der Waals surface area contributed by atoms with E-state index in [9.17, 15) is 9.59 Å². The molecular formula is C18H38N4O3. The molecule has 0 fully saturated rings. The van der Waals surface area contributed by atoms with Crippen molar-refractivity contribution in [1.29, 1.82) is 0 Å². The van der Waals surface area contributed by atoms with Crippen molar-refractivity contribution in [2.45, 2.75) is 61.6 Å². The molecule has 1 aromatic heterocycles. The first-order valence-electron chi connectivity index (χ1n) is 8.96. The van der Waals surface area contributed by atoms with Crippen LogP contribution in [-0.4, -0.2) is 42.1 Å². The van der Waals surface area contributed by atoms with Crippen LogP contribution in [0.1, 0.15) is 54.3 Å². The largest absolute Gasteiger partial charge is 0.468 e. The molecule has 0 saturated heterocycles. The molecule has 0 saturated carbocycles. The van der Waals surface area contributed by atoms with Crippen molar-refractivity contribution in [2.75, 3.05) is 19.7 Å². The Morgan fingerprint density at radius 3 is 2.24 bits per heavy atom. The molecule has 7 heteroatoms. The lowest BCUT2D eigenvalue weighted by atomic mass is 10.3. The lowest BCUT2D eigenvalue weighted by molar-refractivity contribution is -0.128. The summed E-state index contributed by atoms with van der Waals surface area (Å²) in [6, 6.07) is 0. The van der Waals surface area contributed by atoms with E-state index in [1.807, 2.05) is 24.6 Å². The summed E-state index contributed by atoms with van der Waals surface area (Å²) >= 11 is 0. The van der Waals surface area contributed by atoms with Gasteiger partial charge in [0.15, 0.2) is 0 Å². The van der Waals surface area contributed by atoms with Gasteiger partial charge < -0.3 is 19.9 Å². The maximum absolute atomic E-state index is 10.1. The van der Waals surface area contributed by atoms with Gasteiger partial charge in [0, 0.05) is 25.5 Å². The Morgan fingerprint density at radius 2 is 1.84 bits per heavy atom. The highest BCUT2D eigenvalue weighted by atomic mass is 16.5. The maximum atomic E-state index is 10.1. The third kappa shape index (κ3) is 24.5. The highest BCUT2D eigenvalue weighted by Crippen LogP contribution is 1.95. The molecule has 2 N–H and O–H groups in total. The number of hydrogen-bond acceptors (Lipinski definition) is 5. The molecule has 1 amide bonds. The molecule has 0 atom stereocenters. The van der Waals surface area contributed by atoms with Gasteiger partial charge in [0.25, 0.3) is 6.47 Å². The summed E-state index contributed by atoms with van der Waals surface area (Å²) in [4.78, 5) is 23.4. The minimum Gasteiger partial charge on any atom is -0.468 e. The quantitative estimate of drug-likeness (QED) is 0.523. The molecule has 1 aromatic rings. The molecule has 0 aliphatic carbocycles. The van der Waals surface area contributed by atoms with Crippen LogP contribution in [-0.2, 0) is 27.4 Å². The van der Waals surface area contributed by atoms with Gasteiger partial charge in [0.05, 0.1) is 13.2 Å². The van der Waals surface area contributed by atoms with Gasteiger partial charge in [-0.3, -0.25) is 9.59 Å². The second-order valence-corrected chi connectivity index (χ2v) is 5.17. The fraction of sp³-hybridized carbons (Fsp3) is 0.722. The molecule has 0 unspecified atom stereocenters. The van der Waals surface area contributed by atoms with Crippen LogP contribution in [0, 0.1) is 5.92 Å². The topological polar surface area (TPSA) is 85.2 Å². The summed E-state index contributed by atoms with van der Waals surface area (Å²) in [6.07, 6.45) is 4.34. The van der Waals surface area contributed by atoms with Crippen molar-refractivity contribution >= 4 is 12.9 Å². The van der Waals surface area contributed by atoms with Crippen LogP contribution in [0.3, 0.4) is 0 Å². The second-order valence-electron chi connectivity index (χ2n) is 5.17. The highest BCUT2D eigenvalue weighted by molar-refractivity contribution is 5.45. The Bertz CT molecular complexity index is 379. The van der Waals surface area contributed by atoms with Crippen molar-refractivity contribution in [3.8, 4) is 0 Å². The second kappa shape index (κ2) is 24.4. The molecule has 7 nitrogen and oxygen atoms in total. The normalized spacial score (nSPS) is 8.64. The molecule has 0 aliphatic rings. The van der Waals surface area contributed by atoms with Gasteiger partial charge in [-0.05, 0) is 19.4 Å². The van der Waals surface area contributed by atoms with E-state index in [1.165, 1.54) is 0 Å². The van der Waals surface area contributed by atoms with E-state index >= 15 is 0 Å². The molecular weight excluding hydrogens is 320 g/mol. The predicted octanol–water partition coefficient (Wildman–Crippen LogP) is 2.61. The monoisotopic (exact) mass is 358 g/mol. The summed E-state index contributed by atoms with van der Waals surface area (Å²) in [5.74, 6) is 1.72. The summed E-state index contributed by atoms with van der Waals surface area (Å²) in [5, 5.41) is 5.83. The fourth-order valence-corrected chi connectivity index (χ4v) is 1.29. The van der Waals surface area contributed by atoms with Crippen molar-refractivity contribution in [1.82, 2.24) is 20.2 Å².